The maximum Gasteiger partial charge on any atom is 0.267 e. The van der Waals surface area contributed by atoms with Gasteiger partial charge in [-0.05, 0) is 225 Å². The molecule has 15 rings (SSSR count). The number of H-pyrrole nitrogens is 5. The molecule has 10 heterocycles. The van der Waals surface area contributed by atoms with E-state index in [1.54, 1.807) is 72.4 Å². The van der Waals surface area contributed by atoms with E-state index in [1.165, 1.54) is 22.3 Å². The second-order valence-corrected chi connectivity index (χ2v) is 36.5. The van der Waals surface area contributed by atoms with Crippen molar-refractivity contribution in [2.75, 3.05) is 25.6 Å². The van der Waals surface area contributed by atoms with Gasteiger partial charge in [-0.2, -0.15) is 0 Å². The van der Waals surface area contributed by atoms with Crippen LogP contribution in [0, 0.1) is 26.7 Å². The molecule has 11 N–H and O–H groups in total. The fourth-order valence-electron chi connectivity index (χ4n) is 14.9. The molecule has 5 aromatic heterocycles. The second-order valence-electron chi connectivity index (χ2n) is 32.3. The number of carbonyl (C=O) groups excluding carboxylic acids is 5. The highest BCUT2D eigenvalue weighted by Gasteiger charge is 2.27. The summed E-state index contributed by atoms with van der Waals surface area (Å²) in [7, 11) is 0. The Morgan fingerprint density at radius 3 is 0.946 bits per heavy atom. The first-order chi connectivity index (χ1) is 62.3. The maximum atomic E-state index is 12.0. The van der Waals surface area contributed by atoms with Gasteiger partial charge in [0, 0.05) is 142 Å². The number of aliphatic hydroxyl groups excluding tert-OH is 1. The minimum absolute atomic E-state index is 0.0298. The van der Waals surface area contributed by atoms with Gasteiger partial charge in [0.05, 0.1) is 11.6 Å². The molecule has 5 amide bonds. The minimum atomic E-state index is -0.353. The number of aromatic amines is 5. The highest BCUT2D eigenvalue weighted by Crippen LogP contribution is 2.36. The smallest absolute Gasteiger partial charge is 0.267 e. The van der Waals surface area contributed by atoms with Crippen LogP contribution in [0.3, 0.4) is 0 Å². The third-order valence-corrected chi connectivity index (χ3v) is 25.3. The van der Waals surface area contributed by atoms with E-state index in [0.29, 0.717) is 83.1 Å². The molecule has 0 unspecified atom stereocenters. The lowest BCUT2D eigenvalue weighted by molar-refractivity contribution is -0.120. The van der Waals surface area contributed by atoms with Crippen LogP contribution in [-0.4, -0.2) is 115 Å². The molecule has 0 radical (unpaired) electrons. The monoisotopic (exact) mass is 1910 g/mol. The van der Waals surface area contributed by atoms with Crippen LogP contribution in [0.5, 0.6) is 0 Å². The number of nitrogens with one attached hydrogen (secondary N) is 10. The van der Waals surface area contributed by atoms with Crippen molar-refractivity contribution in [2.45, 2.75) is 167 Å². The quantitative estimate of drug-likeness (QED) is 0.0178. The van der Waals surface area contributed by atoms with Gasteiger partial charge in [-0.15, -0.1) is 11.8 Å². The van der Waals surface area contributed by atoms with Crippen molar-refractivity contribution in [1.82, 2.24) is 51.5 Å². The summed E-state index contributed by atoms with van der Waals surface area (Å²) in [6.07, 6.45) is 19.6. The van der Waals surface area contributed by atoms with E-state index >= 15 is 0 Å². The predicted octanol–water partition coefficient (Wildman–Crippen LogP) is 18.6. The molecule has 130 heavy (non-hydrogen) atoms. The van der Waals surface area contributed by atoms with E-state index in [0.717, 1.165) is 136 Å². The Hall–Kier alpha value is -10.8. The van der Waals surface area contributed by atoms with Crippen LogP contribution in [0.2, 0.25) is 35.2 Å². The van der Waals surface area contributed by atoms with Crippen LogP contribution in [0.1, 0.15) is 182 Å². The zero-order chi connectivity index (χ0) is 93.2. The average molecular weight is 1920 g/mol. The molecule has 0 saturated carbocycles. The molecule has 22 nitrogen and oxygen atoms in total. The Morgan fingerprint density at radius 2 is 0.662 bits per heavy atom. The first kappa shape index (κ1) is 99.8. The molecule has 680 valence electrons. The topological polar surface area (TPSA) is 339 Å². The van der Waals surface area contributed by atoms with Gasteiger partial charge in [-0.25, -0.2) is 0 Å². The zero-order valence-electron chi connectivity index (χ0n) is 72.7. The Labute approximate surface area is 793 Å². The summed E-state index contributed by atoms with van der Waals surface area (Å²) < 4.78 is 5.67. The number of aliphatic hydroxyl groups is 1. The van der Waals surface area contributed by atoms with E-state index in [1.807, 2.05) is 104 Å². The summed E-state index contributed by atoms with van der Waals surface area (Å²) in [5.41, 5.74) is 16.2. The van der Waals surface area contributed by atoms with Crippen LogP contribution in [0.15, 0.2) is 223 Å². The normalized spacial score (nSPS) is 17.5. The zero-order valence-corrected chi connectivity index (χ0v) is 78.8. The average Bonchev–Trinajstić information content (AvgIpc) is 1.63. The molecule has 5 aliphatic heterocycles. The molecule has 0 spiro atoms. The second kappa shape index (κ2) is 48.4. The van der Waals surface area contributed by atoms with Crippen LogP contribution in [-0.2, 0) is 41.6 Å². The Bertz CT molecular complexity index is 6110. The van der Waals surface area contributed by atoms with Crippen LogP contribution in [0.4, 0.5) is 0 Å². The number of hydrogen-bond donors (Lipinski definition) is 11. The molecule has 5 aliphatic rings. The highest BCUT2D eigenvalue weighted by atomic mass is 35.5. The number of rotatable bonds is 26. The van der Waals surface area contributed by atoms with Crippen LogP contribution < -0.4 is 54.4 Å². The van der Waals surface area contributed by atoms with Crippen molar-refractivity contribution in [3.05, 3.63) is 365 Å². The highest BCUT2D eigenvalue weighted by molar-refractivity contribution is 7.99. The van der Waals surface area contributed by atoms with E-state index < -0.39 is 0 Å². The lowest BCUT2D eigenvalue weighted by Crippen LogP contribution is -2.23. The third kappa shape index (κ3) is 29.1. The molecule has 10 aromatic rings. The number of thioether (sulfide) groups is 1. The summed E-state index contributed by atoms with van der Waals surface area (Å²) >= 11 is 43.6. The van der Waals surface area contributed by atoms with Crippen molar-refractivity contribution in [3.63, 3.8) is 0 Å². The fourth-order valence-corrected chi connectivity index (χ4v) is 16.6. The third-order valence-electron chi connectivity index (χ3n) is 22.0. The fraction of sp³-hybridized carbons (Fsp3) is 0.300. The van der Waals surface area contributed by atoms with Crippen molar-refractivity contribution in [3.8, 4) is 0 Å². The van der Waals surface area contributed by atoms with Gasteiger partial charge >= 0.3 is 0 Å². The number of halogens is 7. The first-order valence-electron chi connectivity index (χ1n) is 43.0. The van der Waals surface area contributed by atoms with E-state index in [-0.39, 0.29) is 119 Å². The predicted molar refractivity (Wildman–Crippen MR) is 524 cm³/mol. The Morgan fingerprint density at radius 1 is 0.362 bits per heavy atom. The number of pyridine rings is 5. The molecular weight excluding hydrogens is 1810 g/mol. The van der Waals surface area contributed by atoms with Crippen molar-refractivity contribution in [1.29, 1.82) is 0 Å². The number of benzene rings is 5. The van der Waals surface area contributed by atoms with E-state index in [4.69, 9.17) is 91.0 Å². The lowest BCUT2D eigenvalue weighted by atomic mass is 9.96. The molecule has 0 aliphatic carbocycles. The van der Waals surface area contributed by atoms with Gasteiger partial charge in [-0.1, -0.05) is 217 Å². The van der Waals surface area contributed by atoms with Gasteiger partial charge in [0.15, 0.2) is 0 Å². The Balaban J connectivity index is 0.000000157. The number of carbonyl (C=O) groups is 5. The Kier molecular flexibility index (Phi) is 37.1. The summed E-state index contributed by atoms with van der Waals surface area (Å²) in [5.74, 6) is 1.67. The number of hydrogen-bond acceptors (Lipinski definition) is 13. The van der Waals surface area contributed by atoms with Crippen molar-refractivity contribution >= 4 is 150 Å². The number of ether oxygens (including phenoxy) is 1. The summed E-state index contributed by atoms with van der Waals surface area (Å²) in [4.78, 5) is 132. The van der Waals surface area contributed by atoms with Crippen molar-refractivity contribution in [2.24, 2.45) is 5.92 Å². The standard InChI is InChI=1S/C23H27ClN2O3.C21H23ClN2O3.C19H18Cl2N2O2S.C19H19ClN2O2.C18H16Cl2N2O2/c1-15(2)14-29-12-11-16-3-5-17(6-4-16)19(13-18-7-10-22(27)25-18)21-9-8-20(24)23(28)26-21;22-18-9-10-19(24-21(18)27)17(13-16-8-11-20(26)23-16)15-6-4-14(5-7-15)3-1-2-12-25;1-2-26-17-7-3-11(9-15(17)21)13(10-12-4-8-18(24)22-12)16-6-5-14(20)19(25)23-16;1-11-3-4-13(9-12(11)2)15(10-14-5-8-18(23)21-14)17-7-6-16(20)19(24)22-17;1-10-2-3-11(8-15(10)20)13(9-12-4-7-17(23)21-12)16-6-5-14(19)18(24)22-16/h3-6,8-9,13,15,18H,7,10-12,14H2,1-2H3,(H,25,27)(H,26,28);4-7,9-10,13,16,25H,1-3,8,11-12H2,(H,23,26)(H,24,27);3,5-7,9-10,12H,2,4,8H2,1H3,(H,22,24)(H,23,25);3-4,6-7,9-10,14H,5,8H2,1-2H3,(H,21,23)(H,22,24);2-3,5-6,8-9,12H,4,7H2,1H3,(H,21,23)(H,22,24)/b19-13+;17-13+;13-10+;15-10+;13-9+/t18-;16-;12-;14-;12-/m11111/s1. The van der Waals surface area contributed by atoms with Crippen LogP contribution in [0.25, 0.3) is 27.9 Å². The lowest BCUT2D eigenvalue weighted by Gasteiger charge is -2.13. The first-order valence-corrected chi connectivity index (χ1v) is 46.6. The number of unbranched alkanes of at least 4 members (excludes halogenated alkanes) is 1. The molecule has 5 aromatic carbocycles. The van der Waals surface area contributed by atoms with Gasteiger partial charge in [-0.3, -0.25) is 47.9 Å². The number of amides is 5. The molecule has 0 bridgehead atoms. The molecule has 5 saturated heterocycles. The molecule has 5 atom stereocenters. The maximum absolute atomic E-state index is 12.0. The molecular formula is C100H103Cl7N10O12S. The van der Waals surface area contributed by atoms with Crippen molar-refractivity contribution < 1.29 is 33.8 Å². The van der Waals surface area contributed by atoms with E-state index in [9.17, 15) is 47.9 Å². The molecule has 5 fully saturated rings. The van der Waals surface area contributed by atoms with Gasteiger partial charge in [0.2, 0.25) is 29.5 Å². The largest absolute Gasteiger partial charge is 0.396 e. The van der Waals surface area contributed by atoms with Gasteiger partial charge in [0.25, 0.3) is 27.8 Å². The number of aryl methyl sites for hydroxylation is 4. The van der Waals surface area contributed by atoms with Crippen LogP contribution >= 0.6 is 93.0 Å². The minimum Gasteiger partial charge on any atom is -0.396 e. The summed E-state index contributed by atoms with van der Waals surface area (Å²) in [6, 6.07) is 50.6. The summed E-state index contributed by atoms with van der Waals surface area (Å²) in [5, 5.41) is 25.6. The SMILES string of the molecule is CC(C)COCCc1ccc(/C(=C\[C@H]2CCC(=O)N2)c2ccc(Cl)c(=O)[nH]2)cc1.CCSc1ccc(/C(=C\[C@H]2CCC(=O)N2)c2ccc(Cl)c(=O)[nH]2)cc1Cl.Cc1ccc(/C(=C\[C@H]2CCC(=O)N2)c2ccc(Cl)c(=O)[nH]2)cc1C.Cc1ccc(/C(=C\[C@H]2CCC(=O)N2)c2ccc(Cl)c(=O)[nH]2)cc1Cl.O=C1CC[C@H](/C=C(\c2ccc(CCCCO)cc2)c2ccc(Cl)c(=O)[nH]2)N1. The molecule has 30 heteroatoms. The number of aromatic nitrogens is 5. The van der Waals surface area contributed by atoms with Gasteiger partial charge in [0.1, 0.15) is 25.1 Å². The summed E-state index contributed by atoms with van der Waals surface area (Å²) in [6.45, 7) is 14.1. The van der Waals surface area contributed by atoms with Gasteiger partial charge < -0.3 is 61.3 Å². The van der Waals surface area contributed by atoms with E-state index in [2.05, 4.69) is 123 Å².